The van der Waals surface area contributed by atoms with Crippen molar-refractivity contribution >= 4 is 29.2 Å². The molecule has 18 heavy (non-hydrogen) atoms. The van der Waals surface area contributed by atoms with Gasteiger partial charge in [0, 0.05) is 23.7 Å². The third kappa shape index (κ3) is 2.34. The molecule has 1 heterocycles. The van der Waals surface area contributed by atoms with Crippen molar-refractivity contribution in [2.75, 3.05) is 18.6 Å². The number of nitrogens with zero attached hydrogens (tertiary/aromatic N) is 1. The van der Waals surface area contributed by atoms with Crippen LogP contribution in [0.25, 0.3) is 0 Å². The van der Waals surface area contributed by atoms with Gasteiger partial charge >= 0.3 is 5.97 Å². The van der Waals surface area contributed by atoms with Crippen molar-refractivity contribution in [1.29, 1.82) is 0 Å². The third-order valence-electron chi connectivity index (χ3n) is 3.12. The molecule has 1 unspecified atom stereocenters. The van der Waals surface area contributed by atoms with Gasteiger partial charge in [-0.25, -0.2) is 0 Å². The average Bonchev–Trinajstić information content (AvgIpc) is 2.73. The van der Waals surface area contributed by atoms with Crippen LogP contribution in [0, 0.1) is 12.8 Å². The molecular formula is C13H14ClNO3. The van der Waals surface area contributed by atoms with Gasteiger partial charge < -0.3 is 9.64 Å². The van der Waals surface area contributed by atoms with E-state index in [0.29, 0.717) is 11.6 Å². The fourth-order valence-corrected chi connectivity index (χ4v) is 2.30. The average molecular weight is 268 g/mol. The van der Waals surface area contributed by atoms with Gasteiger partial charge in [0.1, 0.15) is 0 Å². The van der Waals surface area contributed by atoms with Crippen molar-refractivity contribution in [1.82, 2.24) is 0 Å². The van der Waals surface area contributed by atoms with E-state index in [4.69, 9.17) is 11.6 Å². The summed E-state index contributed by atoms with van der Waals surface area (Å²) in [5, 5.41) is 0.574. The molecule has 1 aliphatic heterocycles. The molecule has 0 spiro atoms. The fraction of sp³-hybridized carbons (Fsp3) is 0.385. The number of benzene rings is 1. The van der Waals surface area contributed by atoms with Gasteiger partial charge in [0.15, 0.2) is 0 Å². The lowest BCUT2D eigenvalue weighted by atomic mass is 10.1. The summed E-state index contributed by atoms with van der Waals surface area (Å²) >= 11 is 5.94. The number of halogens is 1. The SMILES string of the molecule is COC(=O)C1CC(=O)N(c2cc(Cl)ccc2C)C1. The number of esters is 1. The third-order valence-corrected chi connectivity index (χ3v) is 3.36. The Morgan fingerprint density at radius 2 is 2.22 bits per heavy atom. The van der Waals surface area contributed by atoms with Crippen LogP contribution < -0.4 is 4.90 Å². The van der Waals surface area contributed by atoms with Crippen LogP contribution in [0.15, 0.2) is 18.2 Å². The van der Waals surface area contributed by atoms with Gasteiger partial charge in [-0.15, -0.1) is 0 Å². The maximum absolute atomic E-state index is 11.9. The first kappa shape index (κ1) is 12.9. The fourth-order valence-electron chi connectivity index (χ4n) is 2.14. The molecule has 0 bridgehead atoms. The van der Waals surface area contributed by atoms with Crippen LogP contribution in [0.4, 0.5) is 5.69 Å². The highest BCUT2D eigenvalue weighted by molar-refractivity contribution is 6.31. The number of hydrogen-bond donors (Lipinski definition) is 0. The summed E-state index contributed by atoms with van der Waals surface area (Å²) in [6.07, 6.45) is 0.193. The van der Waals surface area contributed by atoms with Crippen LogP contribution in [-0.2, 0) is 14.3 Å². The van der Waals surface area contributed by atoms with Crippen molar-refractivity contribution in [2.24, 2.45) is 5.92 Å². The Morgan fingerprint density at radius 3 is 2.89 bits per heavy atom. The number of carbonyl (C=O) groups is 2. The van der Waals surface area contributed by atoms with Crippen molar-refractivity contribution in [3.8, 4) is 0 Å². The second kappa shape index (κ2) is 4.98. The van der Waals surface area contributed by atoms with E-state index in [0.717, 1.165) is 11.3 Å². The van der Waals surface area contributed by atoms with E-state index >= 15 is 0 Å². The summed E-state index contributed by atoms with van der Waals surface area (Å²) < 4.78 is 4.68. The minimum Gasteiger partial charge on any atom is -0.469 e. The largest absolute Gasteiger partial charge is 0.469 e. The van der Waals surface area contributed by atoms with Crippen LogP contribution in [0.1, 0.15) is 12.0 Å². The zero-order chi connectivity index (χ0) is 13.3. The van der Waals surface area contributed by atoms with Gasteiger partial charge in [0.2, 0.25) is 5.91 Å². The van der Waals surface area contributed by atoms with E-state index in [1.54, 1.807) is 17.0 Å². The Balaban J connectivity index is 2.27. The molecule has 0 aliphatic carbocycles. The number of anilines is 1. The van der Waals surface area contributed by atoms with Crippen molar-refractivity contribution in [3.63, 3.8) is 0 Å². The molecule has 0 aromatic heterocycles. The van der Waals surface area contributed by atoms with Crippen LogP contribution in [-0.4, -0.2) is 25.5 Å². The van der Waals surface area contributed by atoms with Crippen LogP contribution >= 0.6 is 11.6 Å². The van der Waals surface area contributed by atoms with E-state index in [1.807, 2.05) is 13.0 Å². The first-order chi connectivity index (χ1) is 8.52. The maximum atomic E-state index is 11.9. The molecule has 1 aromatic carbocycles. The van der Waals surface area contributed by atoms with E-state index in [2.05, 4.69) is 4.74 Å². The zero-order valence-electron chi connectivity index (χ0n) is 10.3. The van der Waals surface area contributed by atoms with E-state index < -0.39 is 0 Å². The smallest absolute Gasteiger partial charge is 0.311 e. The lowest BCUT2D eigenvalue weighted by Gasteiger charge is -2.19. The highest BCUT2D eigenvalue weighted by Crippen LogP contribution is 2.30. The van der Waals surface area contributed by atoms with Gasteiger partial charge in [-0.05, 0) is 24.6 Å². The molecule has 0 saturated carbocycles. The van der Waals surface area contributed by atoms with Crippen molar-refractivity contribution in [3.05, 3.63) is 28.8 Å². The number of amides is 1. The summed E-state index contributed by atoms with van der Waals surface area (Å²) in [6.45, 7) is 2.26. The molecule has 0 N–H and O–H groups in total. The second-order valence-electron chi connectivity index (χ2n) is 4.36. The molecule has 2 rings (SSSR count). The molecule has 1 aromatic rings. The Kier molecular flexibility index (Phi) is 3.57. The van der Waals surface area contributed by atoms with Crippen molar-refractivity contribution in [2.45, 2.75) is 13.3 Å². The number of hydrogen-bond acceptors (Lipinski definition) is 3. The molecule has 5 heteroatoms. The standard InChI is InChI=1S/C13H14ClNO3/c1-8-3-4-10(14)6-11(8)15-7-9(5-12(15)16)13(17)18-2/h3-4,6,9H,5,7H2,1-2H3. The highest BCUT2D eigenvalue weighted by atomic mass is 35.5. The van der Waals surface area contributed by atoms with E-state index in [-0.39, 0.29) is 24.2 Å². The number of ether oxygens (including phenoxy) is 1. The summed E-state index contributed by atoms with van der Waals surface area (Å²) in [5.41, 5.74) is 1.72. The normalized spacial score (nSPS) is 19.2. The maximum Gasteiger partial charge on any atom is 0.311 e. The Labute approximate surface area is 110 Å². The number of carbonyl (C=O) groups excluding carboxylic acids is 2. The van der Waals surface area contributed by atoms with Crippen molar-refractivity contribution < 1.29 is 14.3 Å². The lowest BCUT2D eigenvalue weighted by molar-refractivity contribution is -0.145. The molecule has 4 nitrogen and oxygen atoms in total. The predicted octanol–water partition coefficient (Wildman–Crippen LogP) is 2.17. The molecule has 1 aliphatic rings. The number of aryl methyl sites for hydroxylation is 1. The molecule has 96 valence electrons. The Hall–Kier alpha value is -1.55. The number of rotatable bonds is 2. The topological polar surface area (TPSA) is 46.6 Å². The van der Waals surface area contributed by atoms with Gasteiger partial charge in [-0.1, -0.05) is 17.7 Å². The van der Waals surface area contributed by atoms with Crippen LogP contribution in [0.3, 0.4) is 0 Å². The lowest BCUT2D eigenvalue weighted by Crippen LogP contribution is -2.26. The summed E-state index contributed by atoms with van der Waals surface area (Å²) in [5.74, 6) is -0.804. The Bertz CT molecular complexity index is 501. The number of methoxy groups -OCH3 is 1. The Morgan fingerprint density at radius 1 is 1.50 bits per heavy atom. The first-order valence-corrected chi connectivity index (χ1v) is 6.05. The molecule has 1 saturated heterocycles. The summed E-state index contributed by atoms with van der Waals surface area (Å²) in [4.78, 5) is 25.0. The monoisotopic (exact) mass is 267 g/mol. The van der Waals surface area contributed by atoms with Gasteiger partial charge in [0.05, 0.1) is 13.0 Å². The summed E-state index contributed by atoms with van der Waals surface area (Å²) in [7, 11) is 1.33. The molecule has 1 amide bonds. The predicted molar refractivity (Wildman–Crippen MR) is 68.7 cm³/mol. The summed E-state index contributed by atoms with van der Waals surface area (Å²) in [6, 6.07) is 5.38. The van der Waals surface area contributed by atoms with Crippen LogP contribution in [0.2, 0.25) is 5.02 Å². The molecule has 0 radical (unpaired) electrons. The molecule has 1 atom stereocenters. The highest BCUT2D eigenvalue weighted by Gasteiger charge is 2.36. The second-order valence-corrected chi connectivity index (χ2v) is 4.80. The molecular weight excluding hydrogens is 254 g/mol. The van der Waals surface area contributed by atoms with Crippen LogP contribution in [0.5, 0.6) is 0 Å². The van der Waals surface area contributed by atoms with Gasteiger partial charge in [0.25, 0.3) is 0 Å². The van der Waals surface area contributed by atoms with Gasteiger partial charge in [-0.3, -0.25) is 9.59 Å². The van der Waals surface area contributed by atoms with E-state index in [9.17, 15) is 9.59 Å². The zero-order valence-corrected chi connectivity index (χ0v) is 11.0. The van der Waals surface area contributed by atoms with Gasteiger partial charge in [-0.2, -0.15) is 0 Å². The van der Waals surface area contributed by atoms with E-state index in [1.165, 1.54) is 7.11 Å². The minimum absolute atomic E-state index is 0.0734. The minimum atomic E-state index is -0.388. The first-order valence-electron chi connectivity index (χ1n) is 5.67. The quantitative estimate of drug-likeness (QED) is 0.772. The molecule has 1 fully saturated rings.